The number of carbonyl (C=O) groups excluding carboxylic acids is 2. The van der Waals surface area contributed by atoms with Crippen LogP contribution >= 0.6 is 11.8 Å². The van der Waals surface area contributed by atoms with Crippen LogP contribution in [-0.2, 0) is 0 Å². The molecule has 0 aromatic heterocycles. The molecule has 0 atom stereocenters. The highest BCUT2D eigenvalue weighted by atomic mass is 32.2. The average molecular weight is 430 g/mol. The van der Waals surface area contributed by atoms with E-state index in [1.165, 1.54) is 11.8 Å². The number of carbonyl (C=O) groups is 2. The van der Waals surface area contributed by atoms with Crippen LogP contribution in [0.4, 0.5) is 5.69 Å². The van der Waals surface area contributed by atoms with Crippen LogP contribution in [0.2, 0.25) is 0 Å². The van der Waals surface area contributed by atoms with Crippen molar-refractivity contribution >= 4 is 29.3 Å². The normalized spacial score (nSPS) is 10.8. The van der Waals surface area contributed by atoms with Gasteiger partial charge in [0.15, 0.2) is 0 Å². The minimum absolute atomic E-state index is 0.164. The summed E-state index contributed by atoms with van der Waals surface area (Å²) in [5, 5.41) is 15.1. The Balaban J connectivity index is 1.76. The Morgan fingerprint density at radius 2 is 1.45 bits per heavy atom. The van der Waals surface area contributed by atoms with E-state index in [1.54, 1.807) is 42.5 Å². The fourth-order valence-corrected chi connectivity index (χ4v) is 3.85. The van der Waals surface area contributed by atoms with Gasteiger partial charge in [0.05, 0.1) is 11.1 Å². The summed E-state index contributed by atoms with van der Waals surface area (Å²) in [7, 11) is 0. The third kappa shape index (κ3) is 5.97. The maximum absolute atomic E-state index is 12.9. The topological polar surface area (TPSA) is 82.0 Å². The molecule has 0 aliphatic rings. The summed E-state index contributed by atoms with van der Waals surface area (Å²) < 4.78 is 0. The highest BCUT2D eigenvalue weighted by molar-refractivity contribution is 7.99. The summed E-state index contributed by atoms with van der Waals surface area (Å²) in [5.74, 6) is -0.423. The monoisotopic (exact) mass is 429 g/mol. The van der Waals surface area contributed by atoms with Crippen LogP contribution in [0, 0.1) is 11.3 Å². The van der Waals surface area contributed by atoms with Gasteiger partial charge in [0.1, 0.15) is 6.07 Å². The Morgan fingerprint density at radius 1 is 0.839 bits per heavy atom. The summed E-state index contributed by atoms with van der Waals surface area (Å²) in [5.41, 5.74) is 1.86. The van der Waals surface area contributed by atoms with Crippen LogP contribution in [0.25, 0.3) is 0 Å². The number of hydrogen-bond acceptors (Lipinski definition) is 4. The summed E-state index contributed by atoms with van der Waals surface area (Å²) in [6, 6.07) is 23.5. The molecule has 0 unspecified atom stereocenters. The minimum atomic E-state index is -0.324. The number of nitrogens with zero attached hydrogens (tertiary/aromatic N) is 1. The number of rotatable bonds is 5. The van der Waals surface area contributed by atoms with E-state index in [0.717, 1.165) is 9.79 Å². The molecule has 0 aliphatic heterocycles. The number of benzene rings is 3. The van der Waals surface area contributed by atoms with E-state index < -0.39 is 0 Å². The minimum Gasteiger partial charge on any atom is -0.347 e. The molecule has 0 fully saturated rings. The second kappa shape index (κ2) is 9.50. The van der Waals surface area contributed by atoms with E-state index in [0.29, 0.717) is 22.4 Å². The number of anilines is 1. The smallest absolute Gasteiger partial charge is 0.256 e. The zero-order valence-corrected chi connectivity index (χ0v) is 18.4. The number of amides is 2. The molecule has 0 bridgehead atoms. The Hall–Kier alpha value is -3.56. The fourth-order valence-electron chi connectivity index (χ4n) is 2.83. The van der Waals surface area contributed by atoms with E-state index in [1.807, 2.05) is 51.1 Å². The molecule has 6 heteroatoms. The molecule has 0 radical (unpaired) electrons. The lowest BCUT2D eigenvalue weighted by Gasteiger charge is -2.20. The Kier molecular flexibility index (Phi) is 6.78. The van der Waals surface area contributed by atoms with Crippen molar-refractivity contribution in [1.82, 2.24) is 5.32 Å². The predicted molar refractivity (Wildman–Crippen MR) is 123 cm³/mol. The molecular weight excluding hydrogens is 406 g/mol. The molecule has 0 spiro atoms. The first-order valence-corrected chi connectivity index (χ1v) is 10.6. The first-order valence-electron chi connectivity index (χ1n) is 9.77. The van der Waals surface area contributed by atoms with Crippen LogP contribution in [0.5, 0.6) is 0 Å². The fraction of sp³-hybridized carbons (Fsp3) is 0.160. The van der Waals surface area contributed by atoms with Crippen LogP contribution in [0.1, 0.15) is 47.1 Å². The summed E-state index contributed by atoms with van der Waals surface area (Å²) in [6.45, 7) is 5.76. The molecule has 2 amide bonds. The average Bonchev–Trinajstić information content (AvgIpc) is 2.74. The summed E-state index contributed by atoms with van der Waals surface area (Å²) in [6.07, 6.45) is 0. The van der Waals surface area contributed by atoms with Gasteiger partial charge >= 0.3 is 0 Å². The zero-order chi connectivity index (χ0) is 22.4. The molecule has 3 aromatic carbocycles. The standard InChI is InChI=1S/C25H23N3O2S/c1-25(2,3)28-23(29)17-12-14-19(15-13-17)27-24(30)20-9-5-7-11-22(20)31-21-10-6-4-8-18(21)16-26/h4-15H,1-3H3,(H,27,30)(H,28,29). The van der Waals surface area contributed by atoms with Gasteiger partial charge in [-0.2, -0.15) is 5.26 Å². The van der Waals surface area contributed by atoms with E-state index >= 15 is 0 Å². The molecule has 0 heterocycles. The molecule has 0 saturated heterocycles. The first-order chi connectivity index (χ1) is 14.8. The van der Waals surface area contributed by atoms with E-state index in [4.69, 9.17) is 0 Å². The molecule has 0 saturated carbocycles. The van der Waals surface area contributed by atoms with Crippen LogP contribution < -0.4 is 10.6 Å². The van der Waals surface area contributed by atoms with Crippen molar-refractivity contribution in [2.24, 2.45) is 0 Å². The van der Waals surface area contributed by atoms with Gasteiger partial charge in [-0.25, -0.2) is 0 Å². The molecule has 2 N–H and O–H groups in total. The molecule has 0 aliphatic carbocycles. The van der Waals surface area contributed by atoms with Gasteiger partial charge in [0.2, 0.25) is 0 Å². The highest BCUT2D eigenvalue weighted by Crippen LogP contribution is 2.33. The molecular formula is C25H23N3O2S. The lowest BCUT2D eigenvalue weighted by atomic mass is 10.1. The van der Waals surface area contributed by atoms with Crippen LogP contribution in [0.3, 0.4) is 0 Å². The third-order valence-corrected chi connectivity index (χ3v) is 5.40. The highest BCUT2D eigenvalue weighted by Gasteiger charge is 2.16. The van der Waals surface area contributed by atoms with Gasteiger partial charge < -0.3 is 10.6 Å². The maximum Gasteiger partial charge on any atom is 0.256 e. The maximum atomic E-state index is 12.9. The lowest BCUT2D eigenvalue weighted by Crippen LogP contribution is -2.40. The predicted octanol–water partition coefficient (Wildman–Crippen LogP) is 5.49. The van der Waals surface area contributed by atoms with Crippen molar-refractivity contribution in [2.45, 2.75) is 36.1 Å². The van der Waals surface area contributed by atoms with Crippen molar-refractivity contribution in [2.75, 3.05) is 5.32 Å². The molecule has 3 aromatic rings. The Bertz CT molecular complexity index is 1140. The van der Waals surface area contributed by atoms with Crippen molar-refractivity contribution < 1.29 is 9.59 Å². The van der Waals surface area contributed by atoms with Gasteiger partial charge in [0, 0.05) is 26.6 Å². The molecule has 31 heavy (non-hydrogen) atoms. The number of nitriles is 1. The van der Waals surface area contributed by atoms with Crippen molar-refractivity contribution in [1.29, 1.82) is 5.26 Å². The lowest BCUT2D eigenvalue weighted by molar-refractivity contribution is 0.0919. The van der Waals surface area contributed by atoms with Crippen molar-refractivity contribution in [3.8, 4) is 6.07 Å². The van der Waals surface area contributed by atoms with E-state index in [9.17, 15) is 14.9 Å². The quantitative estimate of drug-likeness (QED) is 0.562. The van der Waals surface area contributed by atoms with E-state index in [-0.39, 0.29) is 17.4 Å². The first kappa shape index (κ1) is 22.1. The zero-order valence-electron chi connectivity index (χ0n) is 17.6. The third-order valence-electron chi connectivity index (χ3n) is 4.25. The van der Waals surface area contributed by atoms with Crippen molar-refractivity contribution in [3.63, 3.8) is 0 Å². The summed E-state index contributed by atoms with van der Waals surface area (Å²) >= 11 is 1.38. The van der Waals surface area contributed by atoms with E-state index in [2.05, 4.69) is 16.7 Å². The number of hydrogen-bond donors (Lipinski definition) is 2. The second-order valence-corrected chi connectivity index (χ2v) is 9.03. The number of nitrogens with one attached hydrogen (secondary N) is 2. The van der Waals surface area contributed by atoms with Gasteiger partial charge in [-0.15, -0.1) is 0 Å². The van der Waals surface area contributed by atoms with Crippen LogP contribution in [-0.4, -0.2) is 17.4 Å². The largest absolute Gasteiger partial charge is 0.347 e. The Morgan fingerprint density at radius 3 is 2.10 bits per heavy atom. The van der Waals surface area contributed by atoms with Crippen LogP contribution in [0.15, 0.2) is 82.6 Å². The molecule has 5 nitrogen and oxygen atoms in total. The van der Waals surface area contributed by atoms with Crippen molar-refractivity contribution in [3.05, 3.63) is 89.5 Å². The van der Waals surface area contributed by atoms with Gasteiger partial charge in [0.25, 0.3) is 11.8 Å². The van der Waals surface area contributed by atoms with Gasteiger partial charge in [-0.05, 0) is 69.3 Å². The van der Waals surface area contributed by atoms with Gasteiger partial charge in [-0.1, -0.05) is 36.0 Å². The summed E-state index contributed by atoms with van der Waals surface area (Å²) in [4.78, 5) is 26.7. The SMILES string of the molecule is CC(C)(C)NC(=O)c1ccc(NC(=O)c2ccccc2Sc2ccccc2C#N)cc1. The molecule has 3 rings (SSSR count). The van der Waals surface area contributed by atoms with Gasteiger partial charge in [-0.3, -0.25) is 9.59 Å². The second-order valence-electron chi connectivity index (χ2n) is 7.94. The molecule has 156 valence electrons. The Labute approximate surface area is 186 Å².